The summed E-state index contributed by atoms with van der Waals surface area (Å²) in [7, 11) is 0. The summed E-state index contributed by atoms with van der Waals surface area (Å²) in [6, 6.07) is 21.5. The van der Waals surface area contributed by atoms with Crippen LogP contribution in [0.4, 0.5) is 11.4 Å². The molecule has 3 aromatic carbocycles. The van der Waals surface area contributed by atoms with Crippen LogP contribution in [0.5, 0.6) is 5.75 Å². The number of carbonyl (C=O) groups is 2. The lowest BCUT2D eigenvalue weighted by Crippen LogP contribution is -2.34. The molecule has 9 heteroatoms. The minimum Gasteiger partial charge on any atom is -0.492 e. The number of benzene rings is 3. The summed E-state index contributed by atoms with van der Waals surface area (Å²) < 4.78 is 5.57. The fraction of sp³-hybridized carbons (Fsp3) is 0.160. The second-order valence-corrected chi connectivity index (χ2v) is 8.57. The maximum absolute atomic E-state index is 12.3. The Morgan fingerprint density at radius 3 is 2.32 bits per heavy atom. The van der Waals surface area contributed by atoms with E-state index in [1.807, 2.05) is 30.3 Å². The van der Waals surface area contributed by atoms with Gasteiger partial charge in [-0.2, -0.15) is 0 Å². The molecule has 0 fully saturated rings. The van der Waals surface area contributed by atoms with Gasteiger partial charge >= 0.3 is 0 Å². The average Bonchev–Trinajstić information content (AvgIpc) is 2.78. The Labute approximate surface area is 213 Å². The molecule has 0 unspecified atom stereocenters. The molecule has 3 rings (SSSR count). The summed E-state index contributed by atoms with van der Waals surface area (Å²) in [6.07, 6.45) is 0.986. The lowest BCUT2D eigenvalue weighted by Gasteiger charge is -2.12. The molecule has 3 aromatic rings. The van der Waals surface area contributed by atoms with E-state index >= 15 is 0 Å². The van der Waals surface area contributed by atoms with Crippen LogP contribution in [0.1, 0.15) is 18.4 Å². The molecule has 0 aromatic heterocycles. The van der Waals surface area contributed by atoms with E-state index in [1.54, 1.807) is 42.5 Å². The summed E-state index contributed by atoms with van der Waals surface area (Å²) in [5.41, 5.74) is 2.20. The van der Waals surface area contributed by atoms with E-state index in [0.29, 0.717) is 40.2 Å². The van der Waals surface area contributed by atoms with Gasteiger partial charge in [-0.3, -0.25) is 9.59 Å². The number of hydrogen-bond acceptors (Lipinski definition) is 4. The van der Waals surface area contributed by atoms with Gasteiger partial charge in [0.1, 0.15) is 5.75 Å². The maximum Gasteiger partial charge on any atom is 0.228 e. The van der Waals surface area contributed by atoms with Crippen LogP contribution >= 0.6 is 35.4 Å². The number of ether oxygens (including phenoxy) is 1. The highest BCUT2D eigenvalue weighted by Gasteiger charge is 2.08. The number of rotatable bonds is 9. The number of amides is 2. The summed E-state index contributed by atoms with van der Waals surface area (Å²) in [6.45, 7) is 0.319. The van der Waals surface area contributed by atoms with Crippen molar-refractivity contribution in [3.8, 4) is 5.75 Å². The Morgan fingerprint density at radius 1 is 0.853 bits per heavy atom. The van der Waals surface area contributed by atoms with Crippen LogP contribution in [0, 0.1) is 0 Å². The topological polar surface area (TPSA) is 79.5 Å². The quantitative estimate of drug-likeness (QED) is 0.246. The van der Waals surface area contributed by atoms with Crippen molar-refractivity contribution in [3.63, 3.8) is 0 Å². The van der Waals surface area contributed by atoms with E-state index < -0.39 is 0 Å². The lowest BCUT2D eigenvalue weighted by atomic mass is 10.1. The minimum atomic E-state index is -0.240. The molecule has 0 heterocycles. The maximum atomic E-state index is 12.3. The highest BCUT2D eigenvalue weighted by molar-refractivity contribution is 7.80. The first-order chi connectivity index (χ1) is 16.4. The van der Waals surface area contributed by atoms with Gasteiger partial charge in [0, 0.05) is 22.8 Å². The average molecular weight is 516 g/mol. The number of anilines is 2. The van der Waals surface area contributed by atoms with Crippen molar-refractivity contribution in [1.29, 1.82) is 0 Å². The van der Waals surface area contributed by atoms with E-state index in [4.69, 9.17) is 40.2 Å². The summed E-state index contributed by atoms with van der Waals surface area (Å²) in [4.78, 5) is 24.4. The van der Waals surface area contributed by atoms with Crippen molar-refractivity contribution >= 4 is 63.7 Å². The standard InChI is InChI=1S/C25H23Cl2N3O3S/c26-18-11-12-22(21(27)15-18)33-13-5-10-23(31)30-25(34)29-20-9-4-8-19(16-20)28-24(32)14-17-6-2-1-3-7-17/h1-4,6-9,11-12,15-16H,5,10,13-14H2,(H,28,32)(H2,29,30,31,34). The smallest absolute Gasteiger partial charge is 0.228 e. The first-order valence-corrected chi connectivity index (χ1v) is 11.7. The molecule has 176 valence electrons. The van der Waals surface area contributed by atoms with Crippen molar-refractivity contribution in [3.05, 3.63) is 88.4 Å². The number of nitrogens with one attached hydrogen (secondary N) is 3. The van der Waals surface area contributed by atoms with Crippen molar-refractivity contribution in [2.45, 2.75) is 19.3 Å². The summed E-state index contributed by atoms with van der Waals surface area (Å²) in [5.74, 6) is 0.149. The third-order valence-electron chi connectivity index (χ3n) is 4.56. The minimum absolute atomic E-state index is 0.124. The van der Waals surface area contributed by atoms with Crippen molar-refractivity contribution in [1.82, 2.24) is 5.32 Å². The predicted octanol–water partition coefficient (Wildman–Crippen LogP) is 5.85. The van der Waals surface area contributed by atoms with Gasteiger partial charge in [0.2, 0.25) is 11.8 Å². The molecule has 0 saturated heterocycles. The molecular formula is C25H23Cl2N3O3S. The molecule has 0 aliphatic rings. The number of carbonyl (C=O) groups excluding carboxylic acids is 2. The van der Waals surface area contributed by atoms with Gasteiger partial charge in [-0.25, -0.2) is 0 Å². The zero-order chi connectivity index (χ0) is 24.3. The van der Waals surface area contributed by atoms with Crippen LogP contribution in [-0.4, -0.2) is 23.5 Å². The first kappa shape index (κ1) is 25.5. The predicted molar refractivity (Wildman–Crippen MR) is 141 cm³/mol. The SMILES string of the molecule is O=C(CCCOc1ccc(Cl)cc1Cl)NC(=S)Nc1cccc(NC(=O)Cc2ccccc2)c1. The summed E-state index contributed by atoms with van der Waals surface area (Å²) >= 11 is 17.1. The van der Waals surface area contributed by atoms with Crippen molar-refractivity contribution in [2.75, 3.05) is 17.2 Å². The normalized spacial score (nSPS) is 10.3. The number of thiocarbonyl (C=S) groups is 1. The second-order valence-electron chi connectivity index (χ2n) is 7.32. The third-order valence-corrected chi connectivity index (χ3v) is 5.30. The largest absolute Gasteiger partial charge is 0.492 e. The van der Waals surface area contributed by atoms with E-state index in [0.717, 1.165) is 5.56 Å². The Hall–Kier alpha value is -3.13. The number of hydrogen-bond donors (Lipinski definition) is 3. The molecule has 0 spiro atoms. The van der Waals surface area contributed by atoms with Gasteiger partial charge in [-0.05, 0) is 60.6 Å². The first-order valence-electron chi connectivity index (χ1n) is 10.5. The molecule has 0 atom stereocenters. The van der Waals surface area contributed by atoms with Crippen LogP contribution in [0.15, 0.2) is 72.8 Å². The highest BCUT2D eigenvalue weighted by atomic mass is 35.5. The Balaban J connectivity index is 1.40. The molecule has 6 nitrogen and oxygen atoms in total. The molecule has 0 aliphatic heterocycles. The van der Waals surface area contributed by atoms with E-state index in [9.17, 15) is 9.59 Å². The molecule has 0 aliphatic carbocycles. The Morgan fingerprint density at radius 2 is 1.59 bits per heavy atom. The Bertz CT molecular complexity index is 1160. The molecule has 3 N–H and O–H groups in total. The zero-order valence-corrected chi connectivity index (χ0v) is 20.5. The molecule has 0 bridgehead atoms. The Kier molecular flexibility index (Phi) is 9.70. The van der Waals surface area contributed by atoms with Gasteiger partial charge in [-0.1, -0.05) is 59.6 Å². The molecule has 2 amide bonds. The van der Waals surface area contributed by atoms with Gasteiger partial charge in [-0.15, -0.1) is 0 Å². The fourth-order valence-electron chi connectivity index (χ4n) is 3.02. The molecular weight excluding hydrogens is 493 g/mol. The van der Waals surface area contributed by atoms with E-state index in [-0.39, 0.29) is 29.8 Å². The van der Waals surface area contributed by atoms with E-state index in [1.165, 1.54) is 0 Å². The molecule has 0 radical (unpaired) electrons. The van der Waals surface area contributed by atoms with Crippen LogP contribution in [0.3, 0.4) is 0 Å². The third kappa shape index (κ3) is 8.67. The van der Waals surface area contributed by atoms with Gasteiger partial charge in [0.25, 0.3) is 0 Å². The second kappa shape index (κ2) is 12.9. The van der Waals surface area contributed by atoms with Crippen LogP contribution in [0.2, 0.25) is 10.0 Å². The van der Waals surface area contributed by atoms with Crippen LogP contribution in [0.25, 0.3) is 0 Å². The fourth-order valence-corrected chi connectivity index (χ4v) is 3.71. The van der Waals surface area contributed by atoms with Gasteiger partial charge < -0.3 is 20.7 Å². The molecule has 0 saturated carbocycles. The number of halogens is 2. The van der Waals surface area contributed by atoms with Gasteiger partial charge in [0.15, 0.2) is 5.11 Å². The molecule has 34 heavy (non-hydrogen) atoms. The van der Waals surface area contributed by atoms with Crippen LogP contribution in [-0.2, 0) is 16.0 Å². The monoisotopic (exact) mass is 515 g/mol. The lowest BCUT2D eigenvalue weighted by molar-refractivity contribution is -0.120. The highest BCUT2D eigenvalue weighted by Crippen LogP contribution is 2.27. The van der Waals surface area contributed by atoms with Crippen molar-refractivity contribution in [2.24, 2.45) is 0 Å². The van der Waals surface area contributed by atoms with Crippen LogP contribution < -0.4 is 20.7 Å². The zero-order valence-electron chi connectivity index (χ0n) is 18.1. The van der Waals surface area contributed by atoms with Gasteiger partial charge in [0.05, 0.1) is 18.1 Å². The van der Waals surface area contributed by atoms with Crippen molar-refractivity contribution < 1.29 is 14.3 Å². The summed E-state index contributed by atoms with van der Waals surface area (Å²) in [5, 5.41) is 9.55. The van der Waals surface area contributed by atoms with E-state index in [2.05, 4.69) is 16.0 Å².